The van der Waals surface area contributed by atoms with Gasteiger partial charge in [0.25, 0.3) is 10.1 Å². The van der Waals surface area contributed by atoms with E-state index in [-0.39, 0.29) is 16.4 Å². The summed E-state index contributed by atoms with van der Waals surface area (Å²) in [7, 11) is -3.73. The van der Waals surface area contributed by atoms with Crippen molar-refractivity contribution in [2.24, 2.45) is 29.1 Å². The SMILES string of the molecule is CCCC(CC(C)C)C1CC=C2CC(OS(=O)(=O)c3ccc(C)cc3)CCC2(C)C1CC. The Hall–Kier alpha value is -1.13. The first-order valence-corrected chi connectivity index (χ1v) is 14.2. The molecule has 0 saturated heterocycles. The zero-order chi connectivity index (χ0) is 23.5. The van der Waals surface area contributed by atoms with Gasteiger partial charge in [-0.1, -0.05) is 83.2 Å². The Bertz CT molecular complexity index is 884. The molecule has 0 N–H and O–H groups in total. The summed E-state index contributed by atoms with van der Waals surface area (Å²) in [6, 6.07) is 6.96. The standard InChI is InChI=1S/C28H44O3S/c1-7-9-22(18-20(3)4)26-15-12-23-19-24(16-17-28(23,6)27(26)8-2)31-32(29,30)25-13-10-21(5)11-14-25/h10-14,20,22,24,26-27H,7-9,15-19H2,1-6H3. The van der Waals surface area contributed by atoms with E-state index in [0.29, 0.717) is 5.92 Å². The Kier molecular flexibility index (Phi) is 8.30. The molecule has 2 aliphatic rings. The summed E-state index contributed by atoms with van der Waals surface area (Å²) in [4.78, 5) is 0.261. The van der Waals surface area contributed by atoms with Crippen LogP contribution in [0, 0.1) is 36.0 Å². The van der Waals surface area contributed by atoms with Crippen LogP contribution in [0.1, 0.15) is 91.5 Å². The van der Waals surface area contributed by atoms with Crippen molar-refractivity contribution in [1.29, 1.82) is 0 Å². The third-order valence-electron chi connectivity index (χ3n) is 8.19. The van der Waals surface area contributed by atoms with Crippen LogP contribution in [-0.4, -0.2) is 14.5 Å². The molecule has 0 bridgehead atoms. The van der Waals surface area contributed by atoms with Gasteiger partial charge in [0, 0.05) is 0 Å². The van der Waals surface area contributed by atoms with E-state index in [2.05, 4.69) is 40.7 Å². The summed E-state index contributed by atoms with van der Waals surface area (Å²) in [6.45, 7) is 13.8. The van der Waals surface area contributed by atoms with Gasteiger partial charge in [-0.05, 0) is 80.2 Å². The maximum Gasteiger partial charge on any atom is 0.297 e. The van der Waals surface area contributed by atoms with Gasteiger partial charge >= 0.3 is 0 Å². The highest BCUT2D eigenvalue weighted by atomic mass is 32.2. The second kappa shape index (κ2) is 10.4. The Morgan fingerprint density at radius 3 is 2.44 bits per heavy atom. The van der Waals surface area contributed by atoms with Crippen molar-refractivity contribution in [2.45, 2.75) is 104 Å². The van der Waals surface area contributed by atoms with E-state index in [1.807, 2.05) is 19.1 Å². The molecule has 1 saturated carbocycles. The second-order valence-corrected chi connectivity index (χ2v) is 12.5. The van der Waals surface area contributed by atoms with Gasteiger partial charge in [0.05, 0.1) is 11.0 Å². The number of hydrogen-bond donors (Lipinski definition) is 0. The lowest BCUT2D eigenvalue weighted by molar-refractivity contribution is 0.0336. The largest absolute Gasteiger partial charge is 0.297 e. The second-order valence-electron chi connectivity index (χ2n) is 11.0. The van der Waals surface area contributed by atoms with E-state index < -0.39 is 10.1 Å². The fourth-order valence-electron chi connectivity index (χ4n) is 6.64. The molecule has 3 rings (SSSR count). The van der Waals surface area contributed by atoms with Crippen LogP contribution in [0.5, 0.6) is 0 Å². The molecule has 0 radical (unpaired) electrons. The van der Waals surface area contributed by atoms with E-state index in [9.17, 15) is 8.42 Å². The van der Waals surface area contributed by atoms with Crippen LogP contribution >= 0.6 is 0 Å². The molecule has 4 heteroatoms. The van der Waals surface area contributed by atoms with Crippen molar-refractivity contribution in [3.63, 3.8) is 0 Å². The van der Waals surface area contributed by atoms with Gasteiger partial charge in [0.2, 0.25) is 0 Å². The van der Waals surface area contributed by atoms with E-state index in [0.717, 1.165) is 49.0 Å². The fraction of sp³-hybridized carbons (Fsp3) is 0.714. The molecule has 1 fully saturated rings. The number of aryl methyl sites for hydroxylation is 1. The van der Waals surface area contributed by atoms with E-state index in [1.54, 1.807) is 12.1 Å². The van der Waals surface area contributed by atoms with Crippen molar-refractivity contribution in [2.75, 3.05) is 0 Å². The molecule has 5 unspecified atom stereocenters. The van der Waals surface area contributed by atoms with Gasteiger partial charge in [-0.2, -0.15) is 8.42 Å². The summed E-state index contributed by atoms with van der Waals surface area (Å²) in [5, 5.41) is 0. The lowest BCUT2D eigenvalue weighted by Gasteiger charge is -2.52. The maximum atomic E-state index is 12.8. The van der Waals surface area contributed by atoms with E-state index in [1.165, 1.54) is 31.3 Å². The molecule has 5 atom stereocenters. The minimum Gasteiger partial charge on any atom is -0.263 e. The normalized spacial score (nSPS) is 29.5. The molecule has 0 aliphatic heterocycles. The zero-order valence-corrected chi connectivity index (χ0v) is 21.9. The summed E-state index contributed by atoms with van der Waals surface area (Å²) in [6.07, 6.45) is 11.0. The maximum absolute atomic E-state index is 12.8. The van der Waals surface area contributed by atoms with Crippen molar-refractivity contribution >= 4 is 10.1 Å². The van der Waals surface area contributed by atoms with Crippen LogP contribution in [0.2, 0.25) is 0 Å². The average Bonchev–Trinajstić information content (AvgIpc) is 2.72. The molecule has 180 valence electrons. The Balaban J connectivity index is 1.78. The highest BCUT2D eigenvalue weighted by molar-refractivity contribution is 7.86. The first kappa shape index (κ1) is 25.5. The summed E-state index contributed by atoms with van der Waals surface area (Å²) in [5.41, 5.74) is 2.66. The van der Waals surface area contributed by atoms with Crippen molar-refractivity contribution in [3.05, 3.63) is 41.5 Å². The number of rotatable bonds is 9. The Labute approximate surface area is 197 Å². The fourth-order valence-corrected chi connectivity index (χ4v) is 7.74. The molecule has 0 heterocycles. The smallest absolute Gasteiger partial charge is 0.263 e. The molecule has 3 nitrogen and oxygen atoms in total. The summed E-state index contributed by atoms with van der Waals surface area (Å²) < 4.78 is 31.5. The predicted octanol–water partition coefficient (Wildman–Crippen LogP) is 7.69. The van der Waals surface area contributed by atoms with Gasteiger partial charge in [0.15, 0.2) is 0 Å². The predicted molar refractivity (Wildman–Crippen MR) is 133 cm³/mol. The molecule has 2 aliphatic carbocycles. The topological polar surface area (TPSA) is 43.4 Å². The molecule has 32 heavy (non-hydrogen) atoms. The quantitative estimate of drug-likeness (QED) is 0.280. The summed E-state index contributed by atoms with van der Waals surface area (Å²) >= 11 is 0. The molecule has 0 amide bonds. The van der Waals surface area contributed by atoms with Gasteiger partial charge in [-0.25, -0.2) is 0 Å². The van der Waals surface area contributed by atoms with Crippen LogP contribution in [0.15, 0.2) is 40.8 Å². The van der Waals surface area contributed by atoms with E-state index >= 15 is 0 Å². The van der Waals surface area contributed by atoms with Crippen LogP contribution in [-0.2, 0) is 14.3 Å². The van der Waals surface area contributed by atoms with Crippen LogP contribution in [0.3, 0.4) is 0 Å². The minimum absolute atomic E-state index is 0.175. The average molecular weight is 461 g/mol. The van der Waals surface area contributed by atoms with Gasteiger partial charge < -0.3 is 0 Å². The molecular formula is C28H44O3S. The molecule has 0 aromatic heterocycles. The highest BCUT2D eigenvalue weighted by Crippen LogP contribution is 2.56. The molecular weight excluding hydrogens is 416 g/mol. The van der Waals surface area contributed by atoms with Crippen LogP contribution < -0.4 is 0 Å². The first-order chi connectivity index (χ1) is 15.1. The van der Waals surface area contributed by atoms with Gasteiger partial charge in [0.1, 0.15) is 0 Å². The van der Waals surface area contributed by atoms with Crippen molar-refractivity contribution < 1.29 is 12.6 Å². The number of benzene rings is 1. The zero-order valence-electron chi connectivity index (χ0n) is 21.1. The van der Waals surface area contributed by atoms with Gasteiger partial charge in [-0.15, -0.1) is 0 Å². The lowest BCUT2D eigenvalue weighted by Crippen LogP contribution is -2.44. The number of fused-ring (bicyclic) bond motifs is 1. The Morgan fingerprint density at radius 2 is 1.84 bits per heavy atom. The van der Waals surface area contributed by atoms with Crippen molar-refractivity contribution in [3.8, 4) is 0 Å². The van der Waals surface area contributed by atoms with Crippen molar-refractivity contribution in [1.82, 2.24) is 0 Å². The monoisotopic (exact) mass is 460 g/mol. The van der Waals surface area contributed by atoms with E-state index in [4.69, 9.17) is 4.18 Å². The molecule has 0 spiro atoms. The third-order valence-corrected chi connectivity index (χ3v) is 9.56. The lowest BCUT2D eigenvalue weighted by atomic mass is 9.53. The van der Waals surface area contributed by atoms with Gasteiger partial charge in [-0.3, -0.25) is 4.18 Å². The first-order valence-electron chi connectivity index (χ1n) is 12.8. The van der Waals surface area contributed by atoms with Crippen LogP contribution in [0.4, 0.5) is 0 Å². The number of allylic oxidation sites excluding steroid dienone is 1. The third kappa shape index (κ3) is 5.50. The van der Waals surface area contributed by atoms with Crippen LogP contribution in [0.25, 0.3) is 0 Å². The highest BCUT2D eigenvalue weighted by Gasteiger charge is 2.48. The molecule has 1 aromatic rings. The number of hydrogen-bond acceptors (Lipinski definition) is 3. The summed E-state index contributed by atoms with van der Waals surface area (Å²) in [5.74, 6) is 2.94. The minimum atomic E-state index is -3.73. The molecule has 1 aromatic carbocycles. The Morgan fingerprint density at radius 1 is 1.16 bits per heavy atom.